The monoisotopic (exact) mass is 353 g/mol. The van der Waals surface area contributed by atoms with Gasteiger partial charge in [0, 0.05) is 30.3 Å². The Balaban J connectivity index is 1.94. The number of anilines is 1. The number of amides is 1. The molecule has 0 bridgehead atoms. The van der Waals surface area contributed by atoms with Gasteiger partial charge in [-0.3, -0.25) is 19.7 Å². The molecule has 2 N–H and O–H groups in total. The van der Waals surface area contributed by atoms with Gasteiger partial charge in [0.2, 0.25) is 5.91 Å². The topological polar surface area (TPSA) is 107 Å². The molecule has 0 aromatic heterocycles. The van der Waals surface area contributed by atoms with Gasteiger partial charge < -0.3 is 10.6 Å². The lowest BCUT2D eigenvalue weighted by Gasteiger charge is -2.32. The van der Waals surface area contributed by atoms with Crippen molar-refractivity contribution in [1.82, 2.24) is 0 Å². The summed E-state index contributed by atoms with van der Waals surface area (Å²) in [4.78, 5) is 36.9. The molecule has 1 saturated heterocycles. The van der Waals surface area contributed by atoms with Crippen LogP contribution in [0.25, 0.3) is 0 Å². The molecule has 7 nitrogen and oxygen atoms in total. The van der Waals surface area contributed by atoms with Crippen LogP contribution in [0.5, 0.6) is 0 Å². The number of nitro groups is 1. The predicted molar refractivity (Wildman–Crippen MR) is 97.1 cm³/mol. The number of nitrogens with two attached hydrogens (primary N) is 1. The number of nitro benzene ring substituents is 1. The zero-order valence-electron chi connectivity index (χ0n) is 14.1. The molecule has 26 heavy (non-hydrogen) atoms. The number of carbonyl (C=O) groups is 2. The van der Waals surface area contributed by atoms with Gasteiger partial charge in [-0.05, 0) is 25.0 Å². The molecule has 0 unspecified atom stereocenters. The van der Waals surface area contributed by atoms with Crippen LogP contribution in [0.2, 0.25) is 0 Å². The SMILES string of the molecule is NC(=O)[C@H]1CCCN(c2ccc(C(=O)c3ccccc3)cc2[N+](=O)[O-])C1. The Bertz CT molecular complexity index is 851. The highest BCUT2D eigenvalue weighted by atomic mass is 16.6. The van der Waals surface area contributed by atoms with Crippen LogP contribution in [0.15, 0.2) is 48.5 Å². The quantitative estimate of drug-likeness (QED) is 0.505. The van der Waals surface area contributed by atoms with Crippen LogP contribution in [0, 0.1) is 16.0 Å². The van der Waals surface area contributed by atoms with Crippen LogP contribution in [-0.2, 0) is 4.79 Å². The number of rotatable bonds is 5. The van der Waals surface area contributed by atoms with Gasteiger partial charge in [-0.2, -0.15) is 0 Å². The third-order valence-corrected chi connectivity index (χ3v) is 4.63. The summed E-state index contributed by atoms with van der Waals surface area (Å²) < 4.78 is 0. The third-order valence-electron chi connectivity index (χ3n) is 4.63. The van der Waals surface area contributed by atoms with Gasteiger partial charge in [0.25, 0.3) is 5.69 Å². The molecule has 0 saturated carbocycles. The summed E-state index contributed by atoms with van der Waals surface area (Å²) in [5, 5.41) is 11.6. The molecule has 3 rings (SSSR count). The minimum atomic E-state index is -0.495. The molecule has 1 aliphatic heterocycles. The van der Waals surface area contributed by atoms with Gasteiger partial charge in [-0.1, -0.05) is 30.3 Å². The van der Waals surface area contributed by atoms with E-state index in [2.05, 4.69) is 0 Å². The molecule has 0 spiro atoms. The highest BCUT2D eigenvalue weighted by Gasteiger charge is 2.29. The Kier molecular flexibility index (Phi) is 4.97. The van der Waals surface area contributed by atoms with E-state index < -0.39 is 10.8 Å². The molecule has 1 atom stereocenters. The second-order valence-corrected chi connectivity index (χ2v) is 6.34. The number of nitrogens with zero attached hydrogens (tertiary/aromatic N) is 2. The van der Waals surface area contributed by atoms with Crippen molar-refractivity contribution in [3.63, 3.8) is 0 Å². The Morgan fingerprint density at radius 3 is 2.50 bits per heavy atom. The molecule has 1 amide bonds. The number of primary amides is 1. The maximum Gasteiger partial charge on any atom is 0.293 e. The number of benzene rings is 2. The standard InChI is InChI=1S/C19H19N3O4/c20-19(24)15-7-4-10-21(12-15)16-9-8-14(11-17(16)22(25)26)18(23)13-5-2-1-3-6-13/h1-3,5-6,8-9,11,15H,4,7,10,12H2,(H2,20,24)/t15-/m0/s1. The van der Waals surface area contributed by atoms with Gasteiger partial charge in [-0.15, -0.1) is 0 Å². The molecule has 134 valence electrons. The summed E-state index contributed by atoms with van der Waals surface area (Å²) in [7, 11) is 0. The van der Waals surface area contributed by atoms with Gasteiger partial charge in [0.05, 0.1) is 10.8 Å². The van der Waals surface area contributed by atoms with Crippen molar-refractivity contribution in [2.24, 2.45) is 11.7 Å². The molecular weight excluding hydrogens is 334 g/mol. The van der Waals surface area contributed by atoms with Gasteiger partial charge in [0.1, 0.15) is 5.69 Å². The van der Waals surface area contributed by atoms with E-state index in [9.17, 15) is 19.7 Å². The average molecular weight is 353 g/mol. The minimum Gasteiger partial charge on any atom is -0.369 e. The van der Waals surface area contributed by atoms with E-state index in [-0.39, 0.29) is 23.0 Å². The molecule has 0 aliphatic carbocycles. The van der Waals surface area contributed by atoms with Crippen LogP contribution < -0.4 is 10.6 Å². The Morgan fingerprint density at radius 1 is 1.12 bits per heavy atom. The van der Waals surface area contributed by atoms with E-state index in [1.807, 2.05) is 0 Å². The molecule has 1 fully saturated rings. The normalized spacial score (nSPS) is 16.9. The van der Waals surface area contributed by atoms with E-state index in [0.717, 1.165) is 6.42 Å². The molecule has 2 aromatic carbocycles. The second kappa shape index (κ2) is 7.35. The van der Waals surface area contributed by atoms with E-state index in [0.29, 0.717) is 30.8 Å². The lowest BCUT2D eigenvalue weighted by molar-refractivity contribution is -0.384. The van der Waals surface area contributed by atoms with E-state index in [1.165, 1.54) is 6.07 Å². The van der Waals surface area contributed by atoms with Crippen LogP contribution in [-0.4, -0.2) is 29.7 Å². The highest BCUT2D eigenvalue weighted by molar-refractivity contribution is 6.09. The number of piperidine rings is 1. The van der Waals surface area contributed by atoms with Crippen molar-refractivity contribution < 1.29 is 14.5 Å². The van der Waals surface area contributed by atoms with E-state index in [4.69, 9.17) is 5.73 Å². The van der Waals surface area contributed by atoms with Crippen molar-refractivity contribution >= 4 is 23.1 Å². The van der Waals surface area contributed by atoms with E-state index in [1.54, 1.807) is 47.4 Å². The lowest BCUT2D eigenvalue weighted by atomic mass is 9.96. The van der Waals surface area contributed by atoms with Crippen LogP contribution in [0.1, 0.15) is 28.8 Å². The fourth-order valence-corrected chi connectivity index (χ4v) is 3.26. The Labute approximate surface area is 150 Å². The summed E-state index contributed by atoms with van der Waals surface area (Å²) in [5.74, 6) is -0.990. The first kappa shape index (κ1) is 17.6. The van der Waals surface area contributed by atoms with Crippen LogP contribution in [0.3, 0.4) is 0 Å². The Morgan fingerprint density at radius 2 is 1.85 bits per heavy atom. The molecule has 2 aromatic rings. The predicted octanol–water partition coefficient (Wildman–Crippen LogP) is 2.53. The van der Waals surface area contributed by atoms with Crippen molar-refractivity contribution in [3.8, 4) is 0 Å². The van der Waals surface area contributed by atoms with E-state index >= 15 is 0 Å². The van der Waals surface area contributed by atoms with Crippen molar-refractivity contribution in [1.29, 1.82) is 0 Å². The molecule has 7 heteroatoms. The molecule has 0 radical (unpaired) electrons. The summed E-state index contributed by atoms with van der Waals surface area (Å²) >= 11 is 0. The Hall–Kier alpha value is -3.22. The summed E-state index contributed by atoms with van der Waals surface area (Å²) in [5.41, 5.74) is 6.39. The second-order valence-electron chi connectivity index (χ2n) is 6.34. The van der Waals surface area contributed by atoms with Gasteiger partial charge in [-0.25, -0.2) is 0 Å². The number of ketones is 1. The number of carbonyl (C=O) groups excluding carboxylic acids is 2. The summed E-state index contributed by atoms with van der Waals surface area (Å²) in [6, 6.07) is 13.1. The fraction of sp³-hybridized carbons (Fsp3) is 0.263. The zero-order valence-corrected chi connectivity index (χ0v) is 14.1. The highest BCUT2D eigenvalue weighted by Crippen LogP contribution is 2.33. The first-order valence-electron chi connectivity index (χ1n) is 8.40. The molecular formula is C19H19N3O4. The summed E-state index contributed by atoms with van der Waals surface area (Å²) in [6.45, 7) is 0.957. The van der Waals surface area contributed by atoms with Crippen molar-refractivity contribution in [2.45, 2.75) is 12.8 Å². The first-order valence-corrected chi connectivity index (χ1v) is 8.40. The maximum absolute atomic E-state index is 12.6. The average Bonchev–Trinajstić information content (AvgIpc) is 2.67. The van der Waals surface area contributed by atoms with Crippen molar-refractivity contribution in [2.75, 3.05) is 18.0 Å². The fourth-order valence-electron chi connectivity index (χ4n) is 3.26. The lowest BCUT2D eigenvalue weighted by Crippen LogP contribution is -2.41. The van der Waals surface area contributed by atoms with Crippen molar-refractivity contribution in [3.05, 3.63) is 69.8 Å². The zero-order chi connectivity index (χ0) is 18.7. The van der Waals surface area contributed by atoms with Gasteiger partial charge in [0.15, 0.2) is 5.78 Å². The number of hydrogen-bond donors (Lipinski definition) is 1. The first-order chi connectivity index (χ1) is 12.5. The van der Waals surface area contributed by atoms with Crippen LogP contribution in [0.4, 0.5) is 11.4 Å². The maximum atomic E-state index is 12.6. The summed E-state index contributed by atoms with van der Waals surface area (Å²) in [6.07, 6.45) is 1.42. The minimum absolute atomic E-state index is 0.142. The molecule has 1 heterocycles. The third kappa shape index (κ3) is 3.56. The largest absolute Gasteiger partial charge is 0.369 e. The molecule has 1 aliphatic rings. The van der Waals surface area contributed by atoms with Gasteiger partial charge >= 0.3 is 0 Å². The number of hydrogen-bond acceptors (Lipinski definition) is 5. The smallest absolute Gasteiger partial charge is 0.293 e. The van der Waals surface area contributed by atoms with Crippen LogP contribution >= 0.6 is 0 Å².